The highest BCUT2D eigenvalue weighted by Crippen LogP contribution is 2.33. The van der Waals surface area contributed by atoms with E-state index in [1.165, 1.54) is 28.4 Å². The van der Waals surface area contributed by atoms with E-state index in [1.54, 1.807) is 19.2 Å². The van der Waals surface area contributed by atoms with Gasteiger partial charge in [0.1, 0.15) is 6.33 Å². The Balaban J connectivity index is 1.63. The van der Waals surface area contributed by atoms with Gasteiger partial charge in [0.2, 0.25) is 5.95 Å². The lowest BCUT2D eigenvalue weighted by Crippen LogP contribution is -2.43. The molecule has 0 bridgehead atoms. The number of nitrogen functional groups attached to an aromatic ring is 1. The molecule has 5 rings (SSSR count). The normalized spacial score (nSPS) is 11.4. The number of aryl methyl sites for hydroxylation is 1. The summed E-state index contributed by atoms with van der Waals surface area (Å²) in [4.78, 5) is 38.6. The van der Waals surface area contributed by atoms with Crippen molar-refractivity contribution in [3.8, 4) is 0 Å². The molecule has 190 valence electrons. The number of halogens is 4. The van der Waals surface area contributed by atoms with Gasteiger partial charge < -0.3 is 11.1 Å². The van der Waals surface area contributed by atoms with Crippen molar-refractivity contribution in [2.45, 2.75) is 13.1 Å². The van der Waals surface area contributed by atoms with E-state index in [9.17, 15) is 18.4 Å². The fraction of sp³-hybridized carbons (Fsp3) is 0.143. The lowest BCUT2D eigenvalue weighted by Gasteiger charge is -2.16. The number of anilines is 3. The predicted molar refractivity (Wildman–Crippen MR) is 136 cm³/mol. The molecule has 0 unspecified atom stereocenters. The van der Waals surface area contributed by atoms with Crippen molar-refractivity contribution in [2.24, 2.45) is 7.05 Å². The Morgan fingerprint density at radius 1 is 1.05 bits per heavy atom. The fourth-order valence-corrected chi connectivity index (χ4v) is 4.76. The topological polar surface area (TPSA) is 139 Å². The van der Waals surface area contributed by atoms with Gasteiger partial charge in [0.05, 0.1) is 39.0 Å². The first-order valence-corrected chi connectivity index (χ1v) is 12.0. The van der Waals surface area contributed by atoms with E-state index in [0.717, 1.165) is 15.2 Å². The van der Waals surface area contributed by atoms with Crippen LogP contribution in [-0.4, -0.2) is 33.9 Å². The second-order valence-electron chi connectivity index (χ2n) is 7.86. The van der Waals surface area contributed by atoms with E-state index in [-0.39, 0.29) is 35.4 Å². The van der Waals surface area contributed by atoms with Gasteiger partial charge in [-0.25, -0.2) is 32.9 Å². The van der Waals surface area contributed by atoms with Gasteiger partial charge in [0, 0.05) is 7.05 Å². The van der Waals surface area contributed by atoms with Crippen molar-refractivity contribution in [3.05, 3.63) is 84.6 Å². The smallest absolute Gasteiger partial charge is 0.355 e. The third kappa shape index (κ3) is 4.90. The average Bonchev–Trinajstić information content (AvgIpc) is 3.41. The summed E-state index contributed by atoms with van der Waals surface area (Å²) in [5.41, 5.74) is 5.10. The number of rotatable bonds is 6. The summed E-state index contributed by atoms with van der Waals surface area (Å²) in [6, 6.07) is 5.27. The van der Waals surface area contributed by atoms with Crippen molar-refractivity contribution < 1.29 is 8.78 Å². The molecule has 2 aromatic carbocycles. The van der Waals surface area contributed by atoms with Crippen molar-refractivity contribution in [1.82, 2.24) is 33.9 Å². The molecule has 0 saturated carbocycles. The van der Waals surface area contributed by atoms with Crippen molar-refractivity contribution in [2.75, 3.05) is 11.1 Å². The van der Waals surface area contributed by atoms with Crippen LogP contribution in [0.1, 0.15) is 11.4 Å². The Morgan fingerprint density at radius 3 is 2.54 bits per heavy atom. The van der Waals surface area contributed by atoms with E-state index in [2.05, 4.69) is 25.4 Å². The summed E-state index contributed by atoms with van der Waals surface area (Å²) in [5.74, 6) is -2.41. The Kier molecular flexibility index (Phi) is 6.39. The minimum Gasteiger partial charge on any atom is -0.375 e. The molecule has 3 heterocycles. The van der Waals surface area contributed by atoms with Crippen molar-refractivity contribution >= 4 is 61.5 Å². The number of nitrogens with one attached hydrogen (secondary N) is 1. The van der Waals surface area contributed by atoms with Crippen molar-refractivity contribution in [1.29, 1.82) is 0 Å². The quantitative estimate of drug-likeness (QED) is 0.299. The van der Waals surface area contributed by atoms with Crippen LogP contribution in [0.5, 0.6) is 0 Å². The van der Waals surface area contributed by atoms with Crippen LogP contribution in [0.3, 0.4) is 0 Å². The molecule has 37 heavy (non-hydrogen) atoms. The molecule has 0 atom stereocenters. The van der Waals surface area contributed by atoms with E-state index in [1.807, 2.05) is 0 Å². The Morgan fingerprint density at radius 2 is 1.84 bits per heavy atom. The number of hydrogen-bond acceptors (Lipinski definition) is 9. The standard InChI is InChI=1S/C21H15Cl2F2N9O2S/c1-32-8-27-16(31-32)7-34-20(35)30-19(29-13-5-15-14(4-10(13)22)28-18(26)37-15)33(21(34)36)6-9-2-11(23)17(25)12(24)3-9/h2-5,8H,6-7H2,1H3,(H2,26,28)(H,29,30,35). The molecular weight excluding hydrogens is 551 g/mol. The molecule has 0 aliphatic rings. The minimum absolute atomic E-state index is 0.147. The highest BCUT2D eigenvalue weighted by Gasteiger charge is 2.19. The van der Waals surface area contributed by atoms with E-state index < -0.39 is 28.0 Å². The first-order chi connectivity index (χ1) is 17.6. The second kappa shape index (κ2) is 9.53. The zero-order valence-electron chi connectivity index (χ0n) is 18.7. The molecule has 0 aliphatic carbocycles. The molecule has 3 N–H and O–H groups in total. The van der Waals surface area contributed by atoms with E-state index >= 15 is 0 Å². The van der Waals surface area contributed by atoms with Gasteiger partial charge in [-0.05, 0) is 29.8 Å². The molecular formula is C21H15Cl2F2N9O2S. The maximum Gasteiger partial charge on any atom is 0.355 e. The zero-order valence-corrected chi connectivity index (χ0v) is 21.1. The maximum atomic E-state index is 14.0. The van der Waals surface area contributed by atoms with Crippen LogP contribution in [-0.2, 0) is 20.1 Å². The van der Waals surface area contributed by atoms with Crippen LogP contribution in [0.2, 0.25) is 10.0 Å². The predicted octanol–water partition coefficient (Wildman–Crippen LogP) is 3.15. The van der Waals surface area contributed by atoms with Gasteiger partial charge in [-0.1, -0.05) is 34.5 Å². The first kappa shape index (κ1) is 24.8. The SMILES string of the molecule is Cn1cnc(Cn2c(=O)nc(Nc3cc4sc(N)nc4cc3Cl)n(Cc3cc(F)c(F)c(Cl)c3)c2=O)n1. The summed E-state index contributed by atoms with van der Waals surface area (Å²) in [6.07, 6.45) is 1.41. The molecule has 3 aromatic heterocycles. The molecule has 5 aromatic rings. The van der Waals surface area contributed by atoms with Gasteiger partial charge >= 0.3 is 11.4 Å². The van der Waals surface area contributed by atoms with Gasteiger partial charge in [-0.15, -0.1) is 0 Å². The molecule has 0 fully saturated rings. The molecule has 0 amide bonds. The molecule has 0 aliphatic heterocycles. The highest BCUT2D eigenvalue weighted by molar-refractivity contribution is 7.22. The molecule has 16 heteroatoms. The third-order valence-electron chi connectivity index (χ3n) is 5.22. The number of thiazole rings is 1. The number of aromatic nitrogens is 7. The van der Waals surface area contributed by atoms with E-state index in [0.29, 0.717) is 21.0 Å². The summed E-state index contributed by atoms with van der Waals surface area (Å²) >= 11 is 13.4. The number of nitrogens with two attached hydrogens (primary N) is 1. The number of hydrogen-bond donors (Lipinski definition) is 2. The highest BCUT2D eigenvalue weighted by atomic mass is 35.5. The summed E-state index contributed by atoms with van der Waals surface area (Å²) in [6.45, 7) is -0.578. The maximum absolute atomic E-state index is 14.0. The van der Waals surface area contributed by atoms with Gasteiger partial charge in [-0.3, -0.25) is 9.25 Å². The summed E-state index contributed by atoms with van der Waals surface area (Å²) in [5, 5.41) is 7.06. The van der Waals surface area contributed by atoms with Crippen LogP contribution < -0.4 is 22.4 Å². The Labute approximate surface area is 219 Å². The molecule has 0 spiro atoms. The number of benzene rings is 2. The van der Waals surface area contributed by atoms with Crippen molar-refractivity contribution in [3.63, 3.8) is 0 Å². The van der Waals surface area contributed by atoms with Crippen LogP contribution in [0.25, 0.3) is 10.2 Å². The molecule has 11 nitrogen and oxygen atoms in total. The lowest BCUT2D eigenvalue weighted by molar-refractivity contribution is 0.505. The van der Waals surface area contributed by atoms with Gasteiger partial charge in [-0.2, -0.15) is 10.1 Å². The van der Waals surface area contributed by atoms with Gasteiger partial charge in [0.15, 0.2) is 22.6 Å². The Bertz CT molecular complexity index is 1770. The second-order valence-corrected chi connectivity index (χ2v) is 9.73. The van der Waals surface area contributed by atoms with Crippen LogP contribution in [0.15, 0.2) is 40.2 Å². The molecule has 0 saturated heterocycles. The third-order valence-corrected chi connectivity index (χ3v) is 6.66. The minimum atomic E-state index is -1.22. The van der Waals surface area contributed by atoms with Crippen LogP contribution in [0, 0.1) is 11.6 Å². The van der Waals surface area contributed by atoms with Crippen LogP contribution >= 0.6 is 34.5 Å². The summed E-state index contributed by atoms with van der Waals surface area (Å²) in [7, 11) is 1.63. The number of fused-ring (bicyclic) bond motifs is 1. The zero-order chi connectivity index (χ0) is 26.4. The lowest BCUT2D eigenvalue weighted by atomic mass is 10.2. The average molecular weight is 566 g/mol. The first-order valence-electron chi connectivity index (χ1n) is 10.4. The fourth-order valence-electron chi connectivity index (χ4n) is 3.56. The molecule has 0 radical (unpaired) electrons. The Hall–Kier alpha value is -3.88. The monoisotopic (exact) mass is 565 g/mol. The number of nitrogens with zero attached hydrogens (tertiary/aromatic N) is 7. The van der Waals surface area contributed by atoms with Crippen LogP contribution in [0.4, 0.5) is 25.5 Å². The summed E-state index contributed by atoms with van der Waals surface area (Å²) < 4.78 is 31.8. The largest absolute Gasteiger partial charge is 0.375 e. The van der Waals surface area contributed by atoms with E-state index in [4.69, 9.17) is 28.9 Å². The van der Waals surface area contributed by atoms with Gasteiger partial charge in [0.25, 0.3) is 0 Å².